The fraction of sp³-hybridized carbons (Fsp3) is 0.647. The van der Waals surface area contributed by atoms with Gasteiger partial charge in [-0.05, 0) is 48.9 Å². The van der Waals surface area contributed by atoms with Crippen molar-refractivity contribution in [2.24, 2.45) is 5.92 Å². The molecule has 19 heavy (non-hydrogen) atoms. The van der Waals surface area contributed by atoms with Crippen LogP contribution in [0.1, 0.15) is 44.7 Å². The van der Waals surface area contributed by atoms with Crippen molar-refractivity contribution in [3.63, 3.8) is 0 Å². The number of ether oxygens (including phenoxy) is 1. The number of aryl methyl sites for hydroxylation is 1. The molecule has 0 spiro atoms. The van der Waals surface area contributed by atoms with Gasteiger partial charge in [0.05, 0.1) is 6.61 Å². The van der Waals surface area contributed by atoms with Crippen molar-refractivity contribution >= 4 is 0 Å². The summed E-state index contributed by atoms with van der Waals surface area (Å²) >= 11 is 0. The highest BCUT2D eigenvalue weighted by atomic mass is 16.5. The molecule has 1 atom stereocenters. The molecule has 1 aromatic carbocycles. The first-order valence-electron chi connectivity index (χ1n) is 7.41. The van der Waals surface area contributed by atoms with E-state index in [2.05, 4.69) is 51.2 Å². The standard InChI is InChI=1S/C17H27NO/c1-13-10-15(17(2,3)4)7-8-16(13)19-12-14-6-5-9-18-11-14/h7-8,10,14,18H,5-6,9,11-12H2,1-4H3/t14-/m1/s1. The van der Waals surface area contributed by atoms with Crippen LogP contribution in [0.5, 0.6) is 5.75 Å². The molecule has 1 aliphatic rings. The van der Waals surface area contributed by atoms with Crippen molar-refractivity contribution in [1.82, 2.24) is 5.32 Å². The van der Waals surface area contributed by atoms with Gasteiger partial charge in [-0.3, -0.25) is 0 Å². The van der Waals surface area contributed by atoms with E-state index in [0.717, 1.165) is 25.4 Å². The zero-order chi connectivity index (χ0) is 13.9. The van der Waals surface area contributed by atoms with Crippen LogP contribution in [0, 0.1) is 12.8 Å². The second kappa shape index (κ2) is 5.96. The summed E-state index contributed by atoms with van der Waals surface area (Å²) in [7, 11) is 0. The monoisotopic (exact) mass is 261 g/mol. The van der Waals surface area contributed by atoms with Crippen LogP contribution in [0.25, 0.3) is 0 Å². The van der Waals surface area contributed by atoms with E-state index >= 15 is 0 Å². The molecule has 0 saturated carbocycles. The zero-order valence-corrected chi connectivity index (χ0v) is 12.8. The molecule has 2 heteroatoms. The molecule has 0 radical (unpaired) electrons. The molecule has 1 aromatic rings. The molecule has 2 rings (SSSR count). The van der Waals surface area contributed by atoms with Crippen molar-refractivity contribution in [3.8, 4) is 5.75 Å². The number of hydrogen-bond acceptors (Lipinski definition) is 2. The summed E-state index contributed by atoms with van der Waals surface area (Å²) in [5.74, 6) is 1.70. The minimum absolute atomic E-state index is 0.205. The van der Waals surface area contributed by atoms with Gasteiger partial charge in [0.15, 0.2) is 0 Å². The van der Waals surface area contributed by atoms with Crippen LogP contribution in [0.3, 0.4) is 0 Å². The third-order valence-corrected chi connectivity index (χ3v) is 3.91. The fourth-order valence-electron chi connectivity index (χ4n) is 2.55. The van der Waals surface area contributed by atoms with Gasteiger partial charge in [0.2, 0.25) is 0 Å². The van der Waals surface area contributed by atoms with Gasteiger partial charge in [-0.1, -0.05) is 32.9 Å². The van der Waals surface area contributed by atoms with Crippen LogP contribution in [0.4, 0.5) is 0 Å². The van der Waals surface area contributed by atoms with Crippen LogP contribution in [0.15, 0.2) is 18.2 Å². The van der Waals surface area contributed by atoms with E-state index < -0.39 is 0 Å². The Bertz CT molecular complexity index is 414. The molecule has 0 bridgehead atoms. The van der Waals surface area contributed by atoms with Gasteiger partial charge in [-0.2, -0.15) is 0 Å². The average Bonchev–Trinajstić information content (AvgIpc) is 2.37. The minimum atomic E-state index is 0.205. The largest absolute Gasteiger partial charge is 0.493 e. The summed E-state index contributed by atoms with van der Waals surface area (Å²) < 4.78 is 6.00. The molecule has 1 saturated heterocycles. The molecule has 0 aromatic heterocycles. The summed E-state index contributed by atoms with van der Waals surface area (Å²) in [6.45, 7) is 12.0. The lowest BCUT2D eigenvalue weighted by molar-refractivity contribution is 0.217. The van der Waals surface area contributed by atoms with Gasteiger partial charge in [-0.15, -0.1) is 0 Å². The lowest BCUT2D eigenvalue weighted by Crippen LogP contribution is -2.33. The smallest absolute Gasteiger partial charge is 0.122 e. The second-order valence-electron chi connectivity index (χ2n) is 6.75. The SMILES string of the molecule is Cc1cc(C(C)(C)C)ccc1OC[C@@H]1CCCNC1. The molecular weight excluding hydrogens is 234 g/mol. The molecule has 0 unspecified atom stereocenters. The Balaban J connectivity index is 1.97. The van der Waals surface area contributed by atoms with E-state index in [4.69, 9.17) is 4.74 Å². The van der Waals surface area contributed by atoms with Gasteiger partial charge < -0.3 is 10.1 Å². The Hall–Kier alpha value is -1.02. The van der Waals surface area contributed by atoms with Crippen LogP contribution in [-0.2, 0) is 5.41 Å². The van der Waals surface area contributed by atoms with E-state index in [9.17, 15) is 0 Å². The predicted molar refractivity (Wildman–Crippen MR) is 81.0 cm³/mol. The Kier molecular flexibility index (Phi) is 4.51. The Labute approximate surface area is 117 Å². The molecule has 0 aliphatic carbocycles. The number of benzene rings is 1. The third kappa shape index (κ3) is 3.97. The Morgan fingerprint density at radius 1 is 1.32 bits per heavy atom. The van der Waals surface area contributed by atoms with Crippen molar-refractivity contribution in [3.05, 3.63) is 29.3 Å². The summed E-state index contributed by atoms with van der Waals surface area (Å²) in [6.07, 6.45) is 2.56. The van der Waals surface area contributed by atoms with Gasteiger partial charge in [0.25, 0.3) is 0 Å². The minimum Gasteiger partial charge on any atom is -0.493 e. The predicted octanol–water partition coefficient (Wildman–Crippen LogP) is 3.67. The van der Waals surface area contributed by atoms with Crippen LogP contribution in [0.2, 0.25) is 0 Å². The second-order valence-corrected chi connectivity index (χ2v) is 6.75. The molecule has 0 amide bonds. The van der Waals surface area contributed by atoms with Gasteiger partial charge in [-0.25, -0.2) is 0 Å². The topological polar surface area (TPSA) is 21.3 Å². The van der Waals surface area contributed by atoms with Crippen LogP contribution < -0.4 is 10.1 Å². The Morgan fingerprint density at radius 2 is 2.11 bits per heavy atom. The lowest BCUT2D eigenvalue weighted by atomic mass is 9.86. The van der Waals surface area contributed by atoms with Crippen LogP contribution >= 0.6 is 0 Å². The normalized spacial score (nSPS) is 20.3. The maximum Gasteiger partial charge on any atom is 0.122 e. The molecule has 1 heterocycles. The summed E-state index contributed by atoms with van der Waals surface area (Å²) in [6, 6.07) is 6.59. The van der Waals surface area contributed by atoms with E-state index in [0.29, 0.717) is 5.92 Å². The maximum atomic E-state index is 6.00. The highest BCUT2D eigenvalue weighted by molar-refractivity contribution is 5.38. The van der Waals surface area contributed by atoms with E-state index in [1.54, 1.807) is 0 Å². The number of piperidine rings is 1. The van der Waals surface area contributed by atoms with E-state index in [1.165, 1.54) is 24.0 Å². The van der Waals surface area contributed by atoms with Crippen molar-refractivity contribution in [1.29, 1.82) is 0 Å². The van der Waals surface area contributed by atoms with Crippen molar-refractivity contribution < 1.29 is 4.74 Å². The molecular formula is C17H27NO. The number of rotatable bonds is 3. The molecule has 1 aliphatic heterocycles. The van der Waals surface area contributed by atoms with Crippen LogP contribution in [-0.4, -0.2) is 19.7 Å². The first kappa shape index (κ1) is 14.4. The Morgan fingerprint density at radius 3 is 2.68 bits per heavy atom. The summed E-state index contributed by atoms with van der Waals surface area (Å²) in [5.41, 5.74) is 2.82. The third-order valence-electron chi connectivity index (χ3n) is 3.91. The molecule has 2 nitrogen and oxygen atoms in total. The highest BCUT2D eigenvalue weighted by Gasteiger charge is 2.16. The van der Waals surface area contributed by atoms with Crippen molar-refractivity contribution in [2.75, 3.05) is 19.7 Å². The van der Waals surface area contributed by atoms with Gasteiger partial charge in [0.1, 0.15) is 5.75 Å². The fourth-order valence-corrected chi connectivity index (χ4v) is 2.55. The average molecular weight is 261 g/mol. The van der Waals surface area contributed by atoms with E-state index in [-0.39, 0.29) is 5.41 Å². The molecule has 106 valence electrons. The van der Waals surface area contributed by atoms with Crippen molar-refractivity contribution in [2.45, 2.75) is 46.0 Å². The van der Waals surface area contributed by atoms with E-state index in [1.807, 2.05) is 0 Å². The zero-order valence-electron chi connectivity index (χ0n) is 12.8. The summed E-state index contributed by atoms with van der Waals surface area (Å²) in [5, 5.41) is 3.43. The lowest BCUT2D eigenvalue weighted by Gasteiger charge is -2.24. The summed E-state index contributed by atoms with van der Waals surface area (Å²) in [4.78, 5) is 0. The first-order valence-corrected chi connectivity index (χ1v) is 7.41. The number of hydrogen-bond donors (Lipinski definition) is 1. The maximum absolute atomic E-state index is 6.00. The molecule has 1 fully saturated rings. The highest BCUT2D eigenvalue weighted by Crippen LogP contribution is 2.28. The first-order chi connectivity index (χ1) is 8.97. The van der Waals surface area contributed by atoms with Gasteiger partial charge >= 0.3 is 0 Å². The molecule has 1 N–H and O–H groups in total. The number of nitrogens with one attached hydrogen (secondary N) is 1. The quantitative estimate of drug-likeness (QED) is 0.896. The van der Waals surface area contributed by atoms with Gasteiger partial charge in [0, 0.05) is 12.5 Å².